The van der Waals surface area contributed by atoms with Gasteiger partial charge in [-0.15, -0.1) is 0 Å². The number of carbonyl (C=O) groups excluding carboxylic acids is 3. The monoisotopic (exact) mass is 901 g/mol. The van der Waals surface area contributed by atoms with E-state index in [1.807, 2.05) is 0 Å². The van der Waals surface area contributed by atoms with Crippen molar-refractivity contribution in [3.8, 4) is 0 Å². The molecule has 0 aliphatic rings. The van der Waals surface area contributed by atoms with Gasteiger partial charge in [-0.2, -0.15) is 0 Å². The molecule has 0 aromatic carbocycles. The standard InChI is InChI=1S/C58H108O6/c1-4-7-10-13-16-18-20-22-24-26-28-30-33-37-43-48-56(60)51-54(52-63-57(61)49-44-39-34-31-29-27-25-23-21-19-17-14-11-8-5-2)53-64-58(62)50-45-40-35-38-42-47-55(59)46-41-36-32-15-12-9-6-3/h22-25,54-55,59H,4-21,26-53H2,1-3H3/b24-22-,25-23-. The molecule has 0 heterocycles. The molecule has 0 aliphatic carbocycles. The lowest BCUT2D eigenvalue weighted by Gasteiger charge is -2.17. The van der Waals surface area contributed by atoms with E-state index in [2.05, 4.69) is 45.1 Å². The summed E-state index contributed by atoms with van der Waals surface area (Å²) in [5.74, 6) is -0.590. The SMILES string of the molecule is CCCCCCCC/C=C\CCCCCCCC(=O)CC(COC(=O)CCCCCCC/C=C\CCCCCCCC)COC(=O)CCCCCCCC(O)CCCCCCCCC. The molecule has 2 atom stereocenters. The molecule has 2 unspecified atom stereocenters. The Balaban J connectivity index is 4.42. The molecule has 0 aromatic rings. The highest BCUT2D eigenvalue weighted by Gasteiger charge is 2.19. The number of rotatable bonds is 52. The van der Waals surface area contributed by atoms with Crippen molar-refractivity contribution in [1.82, 2.24) is 0 Å². The minimum Gasteiger partial charge on any atom is -0.465 e. The molecule has 0 aliphatic heterocycles. The first-order chi connectivity index (χ1) is 31.4. The Morgan fingerprint density at radius 3 is 1.00 bits per heavy atom. The fourth-order valence-electron chi connectivity index (χ4n) is 8.55. The first kappa shape index (κ1) is 62.1. The maximum absolute atomic E-state index is 13.0. The minimum atomic E-state index is -0.301. The maximum atomic E-state index is 13.0. The first-order valence-corrected chi connectivity index (χ1v) is 28.2. The van der Waals surface area contributed by atoms with Crippen LogP contribution in [0.1, 0.15) is 303 Å². The number of ketones is 1. The van der Waals surface area contributed by atoms with E-state index in [1.165, 1.54) is 154 Å². The van der Waals surface area contributed by atoms with E-state index in [-0.39, 0.29) is 49.4 Å². The van der Waals surface area contributed by atoms with Gasteiger partial charge in [0.1, 0.15) is 5.78 Å². The third-order valence-electron chi connectivity index (χ3n) is 12.9. The molecular formula is C58H108O6. The van der Waals surface area contributed by atoms with Crippen molar-refractivity contribution in [1.29, 1.82) is 0 Å². The second-order valence-corrected chi connectivity index (χ2v) is 19.5. The van der Waals surface area contributed by atoms with E-state index >= 15 is 0 Å². The van der Waals surface area contributed by atoms with E-state index in [0.717, 1.165) is 103 Å². The van der Waals surface area contributed by atoms with Crippen LogP contribution >= 0.6 is 0 Å². The van der Waals surface area contributed by atoms with Crippen LogP contribution < -0.4 is 0 Å². The number of hydrogen-bond donors (Lipinski definition) is 1. The molecular weight excluding hydrogens is 793 g/mol. The number of esters is 2. The summed E-state index contributed by atoms with van der Waals surface area (Å²) in [6.07, 6.45) is 58.1. The quantitative estimate of drug-likeness (QED) is 0.0372. The zero-order valence-electron chi connectivity index (χ0n) is 43.0. The normalized spacial score (nSPS) is 12.7. The summed E-state index contributed by atoms with van der Waals surface area (Å²) in [6, 6.07) is 0. The molecule has 0 saturated heterocycles. The van der Waals surface area contributed by atoms with Crippen LogP contribution in [0.2, 0.25) is 0 Å². The number of hydrogen-bond acceptors (Lipinski definition) is 6. The van der Waals surface area contributed by atoms with E-state index in [0.29, 0.717) is 19.3 Å². The third kappa shape index (κ3) is 49.5. The summed E-state index contributed by atoms with van der Waals surface area (Å²) in [6.45, 7) is 7.02. The molecule has 0 rings (SSSR count). The molecule has 1 N–H and O–H groups in total. The van der Waals surface area contributed by atoms with Crippen LogP contribution in [0.5, 0.6) is 0 Å². The Kier molecular flexibility index (Phi) is 50.4. The number of allylic oxidation sites excluding steroid dienone is 4. The highest BCUT2D eigenvalue weighted by atomic mass is 16.5. The molecule has 6 heteroatoms. The topological polar surface area (TPSA) is 89.9 Å². The zero-order chi connectivity index (χ0) is 46.7. The molecule has 0 amide bonds. The smallest absolute Gasteiger partial charge is 0.305 e. The van der Waals surface area contributed by atoms with Crippen LogP contribution in [-0.4, -0.2) is 42.1 Å². The number of aliphatic hydroxyl groups is 1. The molecule has 376 valence electrons. The zero-order valence-corrected chi connectivity index (χ0v) is 43.0. The average Bonchev–Trinajstić information content (AvgIpc) is 3.29. The second-order valence-electron chi connectivity index (χ2n) is 19.5. The van der Waals surface area contributed by atoms with Gasteiger partial charge in [0.25, 0.3) is 0 Å². The number of Topliss-reactive ketones (excluding diaryl/α,β-unsaturated/α-hetero) is 1. The summed E-state index contributed by atoms with van der Waals surface area (Å²) >= 11 is 0. The van der Waals surface area contributed by atoms with Gasteiger partial charge in [-0.1, -0.05) is 218 Å². The van der Waals surface area contributed by atoms with E-state index in [9.17, 15) is 19.5 Å². The molecule has 0 bridgehead atoms. The van der Waals surface area contributed by atoms with Gasteiger partial charge in [-0.25, -0.2) is 0 Å². The number of unbranched alkanes of at least 4 members (excludes halogenated alkanes) is 32. The van der Waals surface area contributed by atoms with Crippen LogP contribution in [0.3, 0.4) is 0 Å². The number of carbonyl (C=O) groups is 3. The number of aliphatic hydroxyl groups excluding tert-OH is 1. The lowest BCUT2D eigenvalue weighted by atomic mass is 10.00. The van der Waals surface area contributed by atoms with Gasteiger partial charge in [-0.05, 0) is 83.5 Å². The molecule has 6 nitrogen and oxygen atoms in total. The van der Waals surface area contributed by atoms with Gasteiger partial charge in [0.15, 0.2) is 0 Å². The molecule has 0 spiro atoms. The van der Waals surface area contributed by atoms with Crippen molar-refractivity contribution in [3.63, 3.8) is 0 Å². The Labute approximate surface area is 398 Å². The number of ether oxygens (including phenoxy) is 2. The van der Waals surface area contributed by atoms with Gasteiger partial charge in [-0.3, -0.25) is 14.4 Å². The predicted molar refractivity (Wildman–Crippen MR) is 275 cm³/mol. The summed E-state index contributed by atoms with van der Waals surface area (Å²) in [4.78, 5) is 38.4. The van der Waals surface area contributed by atoms with Gasteiger partial charge in [0.05, 0.1) is 19.3 Å². The lowest BCUT2D eigenvalue weighted by molar-refractivity contribution is -0.150. The van der Waals surface area contributed by atoms with E-state index in [1.54, 1.807) is 0 Å². The van der Waals surface area contributed by atoms with Gasteiger partial charge in [0.2, 0.25) is 0 Å². The Morgan fingerprint density at radius 2 is 0.656 bits per heavy atom. The molecule has 0 fully saturated rings. The van der Waals surface area contributed by atoms with Crippen molar-refractivity contribution in [2.75, 3.05) is 13.2 Å². The highest BCUT2D eigenvalue weighted by molar-refractivity contribution is 5.78. The van der Waals surface area contributed by atoms with Crippen LogP contribution in [0.4, 0.5) is 0 Å². The first-order valence-electron chi connectivity index (χ1n) is 28.2. The van der Waals surface area contributed by atoms with Crippen molar-refractivity contribution >= 4 is 17.7 Å². The Morgan fingerprint density at radius 1 is 0.375 bits per heavy atom. The van der Waals surface area contributed by atoms with Crippen LogP contribution in [0.25, 0.3) is 0 Å². The average molecular weight is 901 g/mol. The Hall–Kier alpha value is -1.95. The Bertz CT molecular complexity index is 1050. The van der Waals surface area contributed by atoms with Crippen molar-refractivity contribution in [2.24, 2.45) is 5.92 Å². The van der Waals surface area contributed by atoms with Crippen molar-refractivity contribution in [3.05, 3.63) is 24.3 Å². The molecule has 64 heavy (non-hydrogen) atoms. The summed E-state index contributed by atoms with van der Waals surface area (Å²) < 4.78 is 11.3. The van der Waals surface area contributed by atoms with E-state index in [4.69, 9.17) is 9.47 Å². The summed E-state index contributed by atoms with van der Waals surface area (Å²) in [5.41, 5.74) is 0. The molecule has 0 aromatic heterocycles. The summed E-state index contributed by atoms with van der Waals surface area (Å²) in [7, 11) is 0. The molecule has 0 radical (unpaired) electrons. The fraction of sp³-hybridized carbons (Fsp3) is 0.879. The maximum Gasteiger partial charge on any atom is 0.305 e. The second kappa shape index (κ2) is 52.0. The highest BCUT2D eigenvalue weighted by Crippen LogP contribution is 2.18. The van der Waals surface area contributed by atoms with Crippen molar-refractivity contribution < 1.29 is 29.0 Å². The minimum absolute atomic E-state index is 0.119. The van der Waals surface area contributed by atoms with Crippen LogP contribution in [0, 0.1) is 5.92 Å². The van der Waals surface area contributed by atoms with Gasteiger partial charge >= 0.3 is 11.9 Å². The summed E-state index contributed by atoms with van der Waals surface area (Å²) in [5, 5.41) is 10.3. The molecule has 0 saturated carbocycles. The van der Waals surface area contributed by atoms with Crippen molar-refractivity contribution in [2.45, 2.75) is 309 Å². The van der Waals surface area contributed by atoms with Crippen LogP contribution in [0.15, 0.2) is 24.3 Å². The lowest BCUT2D eigenvalue weighted by Crippen LogP contribution is -2.23. The third-order valence-corrected chi connectivity index (χ3v) is 12.9. The van der Waals surface area contributed by atoms with E-state index < -0.39 is 0 Å². The van der Waals surface area contributed by atoms with Crippen LogP contribution in [-0.2, 0) is 23.9 Å². The predicted octanol–water partition coefficient (Wildman–Crippen LogP) is 18.0. The largest absolute Gasteiger partial charge is 0.465 e. The van der Waals surface area contributed by atoms with Gasteiger partial charge in [0, 0.05) is 31.6 Å². The fourth-order valence-corrected chi connectivity index (χ4v) is 8.55. The van der Waals surface area contributed by atoms with Gasteiger partial charge < -0.3 is 14.6 Å².